The molecule has 0 amide bonds. The van der Waals surface area contributed by atoms with Crippen LogP contribution >= 0.6 is 11.8 Å². The number of hydrogen-bond donors (Lipinski definition) is 1. The van der Waals surface area contributed by atoms with Crippen LogP contribution in [-0.2, 0) is 9.53 Å². The Kier molecular flexibility index (Phi) is 3.57. The van der Waals surface area contributed by atoms with Gasteiger partial charge in [-0.05, 0) is 42.1 Å². The van der Waals surface area contributed by atoms with E-state index in [4.69, 9.17) is 9.84 Å². The minimum Gasteiger partial charge on any atom is -0.481 e. The molecule has 1 saturated heterocycles. The van der Waals surface area contributed by atoms with Crippen LogP contribution in [0.25, 0.3) is 0 Å². The molecule has 0 aromatic carbocycles. The van der Waals surface area contributed by atoms with Gasteiger partial charge in [0.15, 0.2) is 0 Å². The lowest BCUT2D eigenvalue weighted by molar-refractivity contribution is -0.138. The number of rotatable bonds is 6. The van der Waals surface area contributed by atoms with Gasteiger partial charge in [0.25, 0.3) is 0 Å². The Hall–Kier alpha value is -0.220. The minimum absolute atomic E-state index is 0.149. The highest BCUT2D eigenvalue weighted by Gasteiger charge is 2.44. The first kappa shape index (κ1) is 11.3. The summed E-state index contributed by atoms with van der Waals surface area (Å²) in [6.07, 6.45) is 3.75. The largest absolute Gasteiger partial charge is 0.481 e. The summed E-state index contributed by atoms with van der Waals surface area (Å²) in [5, 5.41) is 8.77. The fourth-order valence-electron chi connectivity index (χ4n) is 2.03. The van der Waals surface area contributed by atoms with E-state index >= 15 is 0 Å². The van der Waals surface area contributed by atoms with Crippen LogP contribution in [0, 0.1) is 11.3 Å². The van der Waals surface area contributed by atoms with E-state index in [1.807, 2.05) is 11.8 Å². The van der Waals surface area contributed by atoms with Gasteiger partial charge in [0.05, 0.1) is 13.0 Å². The standard InChI is InChI=1S/C11H18O3S/c12-10(13)5-11(2-3-11)8-15-7-9-1-4-14-6-9/h9H,1-8H2,(H,12,13). The number of aliphatic carboxylic acids is 1. The summed E-state index contributed by atoms with van der Waals surface area (Å²) in [6.45, 7) is 1.81. The van der Waals surface area contributed by atoms with Gasteiger partial charge in [-0.25, -0.2) is 0 Å². The van der Waals surface area contributed by atoms with E-state index in [0.29, 0.717) is 12.3 Å². The predicted molar refractivity (Wildman–Crippen MR) is 60.2 cm³/mol. The highest BCUT2D eigenvalue weighted by Crippen LogP contribution is 2.51. The first-order valence-corrected chi connectivity index (χ1v) is 6.73. The smallest absolute Gasteiger partial charge is 0.303 e. The Morgan fingerprint density at radius 1 is 1.53 bits per heavy atom. The van der Waals surface area contributed by atoms with Crippen molar-refractivity contribution in [2.24, 2.45) is 11.3 Å². The topological polar surface area (TPSA) is 46.5 Å². The molecule has 4 heteroatoms. The van der Waals surface area contributed by atoms with Crippen LogP contribution < -0.4 is 0 Å². The third kappa shape index (κ3) is 3.38. The molecular weight excluding hydrogens is 212 g/mol. The minimum atomic E-state index is -0.641. The zero-order valence-corrected chi connectivity index (χ0v) is 9.72. The third-order valence-corrected chi connectivity index (χ3v) is 4.79. The molecule has 1 aliphatic carbocycles. The van der Waals surface area contributed by atoms with Gasteiger partial charge in [0.2, 0.25) is 0 Å². The molecule has 0 radical (unpaired) electrons. The molecule has 86 valence electrons. The van der Waals surface area contributed by atoms with Gasteiger partial charge < -0.3 is 9.84 Å². The summed E-state index contributed by atoms with van der Waals surface area (Å²) in [7, 11) is 0. The van der Waals surface area contributed by atoms with Crippen LogP contribution in [0.4, 0.5) is 0 Å². The second-order valence-electron chi connectivity index (χ2n) is 4.82. The molecule has 2 fully saturated rings. The summed E-state index contributed by atoms with van der Waals surface area (Å²) in [6, 6.07) is 0. The number of thioether (sulfide) groups is 1. The molecule has 15 heavy (non-hydrogen) atoms. The van der Waals surface area contributed by atoms with Crippen molar-refractivity contribution in [2.75, 3.05) is 24.7 Å². The first-order valence-electron chi connectivity index (χ1n) is 5.57. The number of hydrogen-bond acceptors (Lipinski definition) is 3. The average Bonchev–Trinajstić information content (AvgIpc) is 2.74. The maximum Gasteiger partial charge on any atom is 0.303 e. The van der Waals surface area contributed by atoms with Gasteiger partial charge in [-0.3, -0.25) is 4.79 Å². The number of carboxylic acid groups (broad SMARTS) is 1. The zero-order chi connectivity index (χ0) is 10.7. The fraction of sp³-hybridized carbons (Fsp3) is 0.909. The molecule has 0 spiro atoms. The predicted octanol–water partition coefficient (Wildman–Crippen LogP) is 2.01. The van der Waals surface area contributed by atoms with Crippen LogP contribution in [-0.4, -0.2) is 35.8 Å². The van der Waals surface area contributed by atoms with Gasteiger partial charge in [-0.2, -0.15) is 11.8 Å². The molecule has 1 saturated carbocycles. The maximum atomic E-state index is 10.6. The SMILES string of the molecule is O=C(O)CC1(CSCC2CCOC2)CC1. The third-order valence-electron chi connectivity index (χ3n) is 3.27. The molecule has 2 aliphatic rings. The molecule has 3 nitrogen and oxygen atoms in total. The molecule has 0 bridgehead atoms. The molecule has 1 aliphatic heterocycles. The summed E-state index contributed by atoms with van der Waals surface area (Å²) >= 11 is 1.92. The van der Waals surface area contributed by atoms with E-state index in [-0.39, 0.29) is 5.41 Å². The molecule has 1 unspecified atom stereocenters. The molecule has 1 heterocycles. The van der Waals surface area contributed by atoms with Gasteiger partial charge in [-0.15, -0.1) is 0 Å². The lowest BCUT2D eigenvalue weighted by Crippen LogP contribution is -2.13. The Bertz CT molecular complexity index is 232. The molecular formula is C11H18O3S. The monoisotopic (exact) mass is 230 g/mol. The average molecular weight is 230 g/mol. The quantitative estimate of drug-likeness (QED) is 0.758. The van der Waals surface area contributed by atoms with Crippen LogP contribution in [0.15, 0.2) is 0 Å². The van der Waals surface area contributed by atoms with E-state index in [1.165, 1.54) is 6.42 Å². The summed E-state index contributed by atoms with van der Waals surface area (Å²) in [4.78, 5) is 10.6. The second-order valence-corrected chi connectivity index (χ2v) is 5.85. The summed E-state index contributed by atoms with van der Waals surface area (Å²) in [5.41, 5.74) is 0.149. The Morgan fingerprint density at radius 2 is 2.33 bits per heavy atom. The number of carboxylic acids is 1. The van der Waals surface area contributed by atoms with Crippen LogP contribution in [0.3, 0.4) is 0 Å². The van der Waals surface area contributed by atoms with Crippen LogP contribution in [0.1, 0.15) is 25.7 Å². The fourth-order valence-corrected chi connectivity index (χ4v) is 3.56. The molecule has 1 atom stereocenters. The zero-order valence-electron chi connectivity index (χ0n) is 8.91. The van der Waals surface area contributed by atoms with Crippen LogP contribution in [0.5, 0.6) is 0 Å². The van der Waals surface area contributed by atoms with Crippen molar-refractivity contribution < 1.29 is 14.6 Å². The van der Waals surface area contributed by atoms with E-state index < -0.39 is 5.97 Å². The highest BCUT2D eigenvalue weighted by molar-refractivity contribution is 7.99. The molecule has 1 N–H and O–H groups in total. The van der Waals surface area contributed by atoms with Gasteiger partial charge >= 0.3 is 5.97 Å². The highest BCUT2D eigenvalue weighted by atomic mass is 32.2. The van der Waals surface area contributed by atoms with E-state index in [0.717, 1.165) is 37.6 Å². The van der Waals surface area contributed by atoms with Crippen molar-refractivity contribution >= 4 is 17.7 Å². The van der Waals surface area contributed by atoms with Gasteiger partial charge in [0.1, 0.15) is 0 Å². The van der Waals surface area contributed by atoms with E-state index in [2.05, 4.69) is 0 Å². The van der Waals surface area contributed by atoms with Crippen molar-refractivity contribution in [3.05, 3.63) is 0 Å². The Labute approximate surface area is 94.6 Å². The van der Waals surface area contributed by atoms with Crippen molar-refractivity contribution in [2.45, 2.75) is 25.7 Å². The van der Waals surface area contributed by atoms with Gasteiger partial charge in [-0.1, -0.05) is 0 Å². The molecule has 0 aromatic rings. The lowest BCUT2D eigenvalue weighted by atomic mass is 10.1. The summed E-state index contributed by atoms with van der Waals surface area (Å²) < 4.78 is 5.31. The van der Waals surface area contributed by atoms with Crippen molar-refractivity contribution in [3.8, 4) is 0 Å². The normalized spacial score (nSPS) is 27.9. The molecule has 0 aromatic heterocycles. The maximum absolute atomic E-state index is 10.6. The summed E-state index contributed by atoms with van der Waals surface area (Å²) in [5.74, 6) is 2.23. The van der Waals surface area contributed by atoms with E-state index in [1.54, 1.807) is 0 Å². The lowest BCUT2D eigenvalue weighted by Gasteiger charge is -2.13. The second kappa shape index (κ2) is 4.74. The van der Waals surface area contributed by atoms with Crippen molar-refractivity contribution in [1.29, 1.82) is 0 Å². The van der Waals surface area contributed by atoms with Crippen molar-refractivity contribution in [3.63, 3.8) is 0 Å². The Balaban J connectivity index is 1.62. The Morgan fingerprint density at radius 3 is 2.87 bits per heavy atom. The first-order chi connectivity index (χ1) is 7.20. The number of ether oxygens (including phenoxy) is 1. The van der Waals surface area contributed by atoms with Gasteiger partial charge in [0, 0.05) is 6.61 Å². The molecule has 2 rings (SSSR count). The number of carbonyl (C=O) groups is 1. The van der Waals surface area contributed by atoms with Crippen LogP contribution in [0.2, 0.25) is 0 Å². The van der Waals surface area contributed by atoms with E-state index in [9.17, 15) is 4.79 Å². The van der Waals surface area contributed by atoms with Crippen molar-refractivity contribution in [1.82, 2.24) is 0 Å².